The van der Waals surface area contributed by atoms with Crippen LogP contribution in [-0.2, 0) is 0 Å². The van der Waals surface area contributed by atoms with E-state index in [9.17, 15) is 0 Å². The quantitative estimate of drug-likeness (QED) is 0.703. The summed E-state index contributed by atoms with van der Waals surface area (Å²) in [4.78, 5) is 3.29. The van der Waals surface area contributed by atoms with Crippen LogP contribution in [0.5, 0.6) is 0 Å². The minimum absolute atomic E-state index is 0.506. The summed E-state index contributed by atoms with van der Waals surface area (Å²) in [5.74, 6) is 1.42. The van der Waals surface area contributed by atoms with Gasteiger partial charge in [0, 0.05) is 11.1 Å². The number of imidazole rings is 1. The SMILES string of the molecule is CC1CCCC(n2c(=S)[nH]c3cc(Cl)ccc32)C1C. The van der Waals surface area contributed by atoms with E-state index in [1.807, 2.05) is 12.1 Å². The van der Waals surface area contributed by atoms with E-state index in [-0.39, 0.29) is 0 Å². The first-order chi connectivity index (χ1) is 9.08. The van der Waals surface area contributed by atoms with E-state index in [4.69, 9.17) is 23.8 Å². The van der Waals surface area contributed by atoms with Crippen LogP contribution in [0.3, 0.4) is 0 Å². The molecule has 1 aliphatic rings. The highest BCUT2D eigenvalue weighted by molar-refractivity contribution is 7.71. The highest BCUT2D eigenvalue weighted by atomic mass is 35.5. The first kappa shape index (κ1) is 13.2. The van der Waals surface area contributed by atoms with E-state index in [0.29, 0.717) is 12.0 Å². The van der Waals surface area contributed by atoms with Crippen molar-refractivity contribution in [3.8, 4) is 0 Å². The number of halogens is 1. The van der Waals surface area contributed by atoms with Gasteiger partial charge in [0.25, 0.3) is 0 Å². The molecule has 1 aromatic carbocycles. The molecular formula is C15H19ClN2S. The Morgan fingerprint density at radius 1 is 1.32 bits per heavy atom. The summed E-state index contributed by atoms with van der Waals surface area (Å²) in [6, 6.07) is 6.49. The summed E-state index contributed by atoms with van der Waals surface area (Å²) in [5.41, 5.74) is 2.23. The summed E-state index contributed by atoms with van der Waals surface area (Å²) in [6.07, 6.45) is 3.84. The standard InChI is InChI=1S/C15H19ClN2S/c1-9-4-3-5-13(10(9)2)18-14-7-6-11(16)8-12(14)17-15(18)19/h6-10,13H,3-5H2,1-2H3,(H,17,19). The summed E-state index contributed by atoms with van der Waals surface area (Å²) in [7, 11) is 0. The number of rotatable bonds is 1. The lowest BCUT2D eigenvalue weighted by atomic mass is 9.78. The van der Waals surface area contributed by atoms with Crippen molar-refractivity contribution in [2.24, 2.45) is 11.8 Å². The summed E-state index contributed by atoms with van der Waals surface area (Å²) >= 11 is 11.6. The molecule has 0 aliphatic heterocycles. The second kappa shape index (κ2) is 4.95. The summed E-state index contributed by atoms with van der Waals surface area (Å²) in [5, 5.41) is 0.751. The number of nitrogens with one attached hydrogen (secondary N) is 1. The zero-order valence-electron chi connectivity index (χ0n) is 11.3. The van der Waals surface area contributed by atoms with Gasteiger partial charge in [0.15, 0.2) is 4.77 Å². The number of H-pyrrole nitrogens is 1. The van der Waals surface area contributed by atoms with Gasteiger partial charge >= 0.3 is 0 Å². The molecule has 1 fully saturated rings. The molecule has 3 unspecified atom stereocenters. The van der Waals surface area contributed by atoms with Crippen molar-refractivity contribution in [1.29, 1.82) is 0 Å². The van der Waals surface area contributed by atoms with E-state index in [1.54, 1.807) is 0 Å². The molecule has 102 valence electrons. The molecule has 2 nitrogen and oxygen atoms in total. The highest BCUT2D eigenvalue weighted by Crippen LogP contribution is 2.39. The average Bonchev–Trinajstić information content (AvgIpc) is 2.68. The predicted molar refractivity (Wildman–Crippen MR) is 83.3 cm³/mol. The van der Waals surface area contributed by atoms with Crippen molar-refractivity contribution in [2.75, 3.05) is 0 Å². The predicted octanol–water partition coefficient (Wildman–Crippen LogP) is 5.35. The molecular weight excluding hydrogens is 276 g/mol. The van der Waals surface area contributed by atoms with Gasteiger partial charge in [0.05, 0.1) is 11.0 Å². The van der Waals surface area contributed by atoms with Gasteiger partial charge in [-0.1, -0.05) is 38.3 Å². The molecule has 0 radical (unpaired) electrons. The van der Waals surface area contributed by atoms with Crippen molar-refractivity contribution in [3.05, 3.63) is 28.0 Å². The second-order valence-corrected chi connectivity index (χ2v) is 6.62. The third-order valence-electron chi connectivity index (χ3n) is 4.67. The van der Waals surface area contributed by atoms with Gasteiger partial charge < -0.3 is 9.55 Å². The van der Waals surface area contributed by atoms with Crippen LogP contribution in [0.25, 0.3) is 11.0 Å². The maximum Gasteiger partial charge on any atom is 0.178 e. The first-order valence-corrected chi connectivity index (χ1v) is 7.76. The third kappa shape index (κ3) is 2.23. The van der Waals surface area contributed by atoms with Crippen molar-refractivity contribution in [1.82, 2.24) is 9.55 Å². The number of aromatic nitrogens is 2. The lowest BCUT2D eigenvalue weighted by Crippen LogP contribution is -2.27. The second-order valence-electron chi connectivity index (χ2n) is 5.80. The minimum Gasteiger partial charge on any atom is -0.331 e. The van der Waals surface area contributed by atoms with Gasteiger partial charge in [-0.15, -0.1) is 0 Å². The monoisotopic (exact) mass is 294 g/mol. The molecule has 1 heterocycles. The van der Waals surface area contributed by atoms with Gasteiger partial charge in [0.1, 0.15) is 0 Å². The average molecular weight is 295 g/mol. The molecule has 0 saturated heterocycles. The van der Waals surface area contributed by atoms with Gasteiger partial charge in [-0.25, -0.2) is 0 Å². The van der Waals surface area contributed by atoms with Gasteiger partial charge in [-0.2, -0.15) is 0 Å². The molecule has 4 heteroatoms. The number of fused-ring (bicyclic) bond motifs is 1. The molecule has 1 aromatic heterocycles. The van der Waals surface area contributed by atoms with Gasteiger partial charge in [0.2, 0.25) is 0 Å². The Morgan fingerprint density at radius 3 is 2.89 bits per heavy atom. The van der Waals surface area contributed by atoms with E-state index >= 15 is 0 Å². The van der Waals surface area contributed by atoms with Crippen LogP contribution in [-0.4, -0.2) is 9.55 Å². The maximum absolute atomic E-state index is 6.05. The van der Waals surface area contributed by atoms with Gasteiger partial charge in [-0.05, 0) is 48.7 Å². The summed E-state index contributed by atoms with van der Waals surface area (Å²) in [6.45, 7) is 4.71. The van der Waals surface area contributed by atoms with Crippen LogP contribution < -0.4 is 0 Å². The van der Waals surface area contributed by atoms with Gasteiger partial charge in [-0.3, -0.25) is 0 Å². The van der Waals surface area contributed by atoms with Crippen molar-refractivity contribution in [3.63, 3.8) is 0 Å². The van der Waals surface area contributed by atoms with Crippen LogP contribution >= 0.6 is 23.8 Å². The molecule has 0 spiro atoms. The number of nitrogens with zero attached hydrogens (tertiary/aromatic N) is 1. The van der Waals surface area contributed by atoms with Crippen molar-refractivity contribution in [2.45, 2.75) is 39.2 Å². The Balaban J connectivity index is 2.14. The highest BCUT2D eigenvalue weighted by Gasteiger charge is 2.29. The van der Waals surface area contributed by atoms with E-state index in [2.05, 4.69) is 29.5 Å². The van der Waals surface area contributed by atoms with Crippen LogP contribution in [0.4, 0.5) is 0 Å². The fraction of sp³-hybridized carbons (Fsp3) is 0.533. The summed E-state index contributed by atoms with van der Waals surface area (Å²) < 4.78 is 3.13. The molecule has 2 aromatic rings. The number of benzene rings is 1. The Morgan fingerprint density at radius 2 is 2.11 bits per heavy atom. The largest absolute Gasteiger partial charge is 0.331 e. The Labute approximate surface area is 123 Å². The molecule has 0 bridgehead atoms. The molecule has 3 rings (SSSR count). The van der Waals surface area contributed by atoms with E-state index in [1.165, 1.54) is 24.8 Å². The minimum atomic E-state index is 0.506. The molecule has 1 N–H and O–H groups in total. The molecule has 3 atom stereocenters. The maximum atomic E-state index is 6.05. The first-order valence-electron chi connectivity index (χ1n) is 6.97. The molecule has 19 heavy (non-hydrogen) atoms. The molecule has 1 saturated carbocycles. The van der Waals surface area contributed by atoms with E-state index < -0.39 is 0 Å². The normalized spacial score (nSPS) is 27.8. The number of aromatic amines is 1. The third-order valence-corrected chi connectivity index (χ3v) is 5.21. The molecule has 1 aliphatic carbocycles. The Kier molecular flexibility index (Phi) is 3.44. The zero-order valence-corrected chi connectivity index (χ0v) is 12.9. The van der Waals surface area contributed by atoms with Crippen LogP contribution in [0, 0.1) is 16.6 Å². The number of hydrogen-bond acceptors (Lipinski definition) is 1. The zero-order chi connectivity index (χ0) is 13.6. The topological polar surface area (TPSA) is 20.7 Å². The Hall–Kier alpha value is -0.800. The van der Waals surface area contributed by atoms with E-state index in [0.717, 1.165) is 21.2 Å². The van der Waals surface area contributed by atoms with Crippen molar-refractivity contribution >= 4 is 34.9 Å². The van der Waals surface area contributed by atoms with Crippen LogP contribution in [0.1, 0.15) is 39.2 Å². The fourth-order valence-corrected chi connectivity index (χ4v) is 3.87. The lowest BCUT2D eigenvalue weighted by Gasteiger charge is -2.35. The lowest BCUT2D eigenvalue weighted by molar-refractivity contribution is 0.188. The molecule has 0 amide bonds. The Bertz CT molecular complexity index is 658. The fourth-order valence-electron chi connectivity index (χ4n) is 3.35. The van der Waals surface area contributed by atoms with Crippen molar-refractivity contribution < 1.29 is 0 Å². The smallest absolute Gasteiger partial charge is 0.178 e. The number of hydrogen-bond donors (Lipinski definition) is 1. The van der Waals surface area contributed by atoms with Crippen LogP contribution in [0.15, 0.2) is 18.2 Å². The van der Waals surface area contributed by atoms with Crippen LogP contribution in [0.2, 0.25) is 5.02 Å².